The molecule has 60 heavy (non-hydrogen) atoms. The number of rotatable bonds is 7. The van der Waals surface area contributed by atoms with Gasteiger partial charge in [-0.05, 0) is 77.9 Å². The fraction of sp³-hybridized carbons (Fsp3) is 0.273. The molecule has 4 aliphatic heterocycles. The Morgan fingerprint density at radius 1 is 0.583 bits per heavy atom. The molecule has 16 heteroatoms. The van der Waals surface area contributed by atoms with Crippen LogP contribution in [0, 0.1) is 23.3 Å². The van der Waals surface area contributed by atoms with Crippen molar-refractivity contribution in [1.29, 1.82) is 0 Å². The first-order valence-corrected chi connectivity index (χ1v) is 23.7. The molecule has 0 aliphatic carbocycles. The minimum atomic E-state index is -2.94. The van der Waals surface area contributed by atoms with E-state index in [1.165, 1.54) is 36.4 Å². The number of nitrogens with zero attached hydrogens (tertiary/aromatic N) is 5. The average molecular weight is 855 g/mol. The minimum Gasteiger partial charge on any atom is -0.340 e. The molecular weight excluding hydrogens is 814 g/mol. The van der Waals surface area contributed by atoms with Crippen molar-refractivity contribution in [3.8, 4) is 0 Å². The predicted molar refractivity (Wildman–Crippen MR) is 226 cm³/mol. The molecule has 0 unspecified atom stereocenters. The average Bonchev–Trinajstić information content (AvgIpc) is 3.25. The number of nitrogens with one attached hydrogen (secondary N) is 1. The van der Waals surface area contributed by atoms with Gasteiger partial charge >= 0.3 is 0 Å². The van der Waals surface area contributed by atoms with Crippen LogP contribution in [0.3, 0.4) is 0 Å². The number of ketones is 2. The predicted octanol–water partition coefficient (Wildman–Crippen LogP) is 6.28. The fourth-order valence-electron chi connectivity index (χ4n) is 8.00. The Bertz CT molecular complexity index is 2650. The smallest absolute Gasteiger partial charge is 0.225 e. The van der Waals surface area contributed by atoms with Gasteiger partial charge in [-0.1, -0.05) is 12.1 Å². The zero-order valence-electron chi connectivity index (χ0n) is 32.4. The molecular formula is C44H40F4N6O4P2. The molecule has 2 fully saturated rings. The molecule has 0 spiro atoms. The molecule has 308 valence electrons. The number of fused-ring (bicyclic) bond motifs is 2. The topological polar surface area (TPSA) is 134 Å². The Morgan fingerprint density at radius 3 is 1.53 bits per heavy atom. The summed E-state index contributed by atoms with van der Waals surface area (Å²) in [6, 6.07) is 19.2. The minimum absolute atomic E-state index is 0.0238. The maximum absolute atomic E-state index is 14.8. The number of Topliss-reactive ketones (excluding diaryl/α,β-unsaturated/α-hetero) is 2. The highest BCUT2D eigenvalue weighted by Gasteiger charge is 2.34. The van der Waals surface area contributed by atoms with Crippen LogP contribution >= 0.6 is 14.3 Å². The third-order valence-electron chi connectivity index (χ3n) is 11.3. The van der Waals surface area contributed by atoms with Gasteiger partial charge in [0.25, 0.3) is 0 Å². The van der Waals surface area contributed by atoms with Gasteiger partial charge in [0.2, 0.25) is 5.95 Å². The molecule has 4 aliphatic rings. The SMILES string of the molecule is O=C1CN=C(Cc2ccc(F)c(P3(=O)CCN(c4ncccn4)CC3)c2)c2ccc(F)cc21.O=C1CN=C(Cc2ccc(F)c(P3(=O)CCNCC3)c2)c2ccc(F)cc21. The fourth-order valence-corrected chi connectivity index (χ4v) is 13.3. The molecule has 5 heterocycles. The third-order valence-corrected chi connectivity index (χ3v) is 17.4. The summed E-state index contributed by atoms with van der Waals surface area (Å²) in [5, 5.41) is 3.70. The number of hydrogen-bond acceptors (Lipinski definition) is 10. The maximum atomic E-state index is 14.8. The van der Waals surface area contributed by atoms with Crippen molar-refractivity contribution in [2.75, 3.05) is 68.8 Å². The summed E-state index contributed by atoms with van der Waals surface area (Å²) in [7, 11) is -5.69. The number of halogens is 4. The van der Waals surface area contributed by atoms with E-state index >= 15 is 0 Å². The van der Waals surface area contributed by atoms with Gasteiger partial charge in [-0.15, -0.1) is 0 Å². The lowest BCUT2D eigenvalue weighted by atomic mass is 9.93. The number of anilines is 1. The lowest BCUT2D eigenvalue weighted by molar-refractivity contribution is 0.0992. The van der Waals surface area contributed by atoms with Gasteiger partial charge in [-0.3, -0.25) is 19.6 Å². The van der Waals surface area contributed by atoms with Crippen LogP contribution in [0.25, 0.3) is 0 Å². The summed E-state index contributed by atoms with van der Waals surface area (Å²) in [5.74, 6) is -1.71. The van der Waals surface area contributed by atoms with Crippen LogP contribution in [0.1, 0.15) is 43.0 Å². The zero-order chi connectivity index (χ0) is 42.0. The van der Waals surface area contributed by atoms with Gasteiger partial charge in [-0.2, -0.15) is 0 Å². The van der Waals surface area contributed by atoms with E-state index < -0.39 is 37.6 Å². The van der Waals surface area contributed by atoms with Crippen LogP contribution in [-0.2, 0) is 22.0 Å². The zero-order valence-corrected chi connectivity index (χ0v) is 34.2. The number of aromatic nitrogens is 2. The first kappa shape index (κ1) is 41.3. The molecule has 10 nitrogen and oxygen atoms in total. The molecule has 0 atom stereocenters. The summed E-state index contributed by atoms with van der Waals surface area (Å²) < 4.78 is 83.2. The van der Waals surface area contributed by atoms with Crippen LogP contribution in [-0.4, -0.2) is 96.9 Å². The van der Waals surface area contributed by atoms with E-state index in [0.717, 1.165) is 11.1 Å². The van der Waals surface area contributed by atoms with E-state index in [4.69, 9.17) is 0 Å². The van der Waals surface area contributed by atoms with E-state index in [0.29, 0.717) is 109 Å². The number of carbonyl (C=O) groups excluding carboxylic acids is 2. The van der Waals surface area contributed by atoms with Crippen molar-refractivity contribution in [2.45, 2.75) is 12.8 Å². The molecule has 5 aromatic rings. The van der Waals surface area contributed by atoms with Crippen molar-refractivity contribution in [1.82, 2.24) is 15.3 Å². The summed E-state index contributed by atoms with van der Waals surface area (Å²) in [6.07, 6.45) is 5.60. The van der Waals surface area contributed by atoms with Crippen LogP contribution < -0.4 is 20.8 Å². The molecule has 0 saturated carbocycles. The van der Waals surface area contributed by atoms with Crippen molar-refractivity contribution < 1.29 is 36.3 Å². The number of hydrogen-bond donors (Lipinski definition) is 1. The van der Waals surface area contributed by atoms with Gasteiger partial charge in [0.05, 0.1) is 0 Å². The lowest BCUT2D eigenvalue weighted by Crippen LogP contribution is -2.38. The second kappa shape index (κ2) is 17.3. The van der Waals surface area contributed by atoms with Gasteiger partial charge in [0.15, 0.2) is 11.6 Å². The normalized spacial score (nSPS) is 18.0. The van der Waals surface area contributed by atoms with Crippen LogP contribution in [0.2, 0.25) is 0 Å². The van der Waals surface area contributed by atoms with E-state index in [1.54, 1.807) is 54.9 Å². The second-order valence-electron chi connectivity index (χ2n) is 15.1. The molecule has 1 aromatic heterocycles. The first-order chi connectivity index (χ1) is 28.9. The highest BCUT2D eigenvalue weighted by molar-refractivity contribution is 7.72. The number of aliphatic imine (C=N–C) groups is 2. The van der Waals surface area contributed by atoms with Gasteiger partial charge in [-0.25, -0.2) is 27.5 Å². The van der Waals surface area contributed by atoms with E-state index in [2.05, 4.69) is 25.3 Å². The summed E-state index contributed by atoms with van der Waals surface area (Å²) >= 11 is 0. The Labute approximate surface area is 344 Å². The second-order valence-corrected chi connectivity index (χ2v) is 21.4. The summed E-state index contributed by atoms with van der Waals surface area (Å²) in [4.78, 5) is 43.3. The number of carbonyl (C=O) groups is 2. The Morgan fingerprint density at radius 2 is 1.05 bits per heavy atom. The van der Waals surface area contributed by atoms with Gasteiger partial charge in [0, 0.05) is 120 Å². The largest absolute Gasteiger partial charge is 0.340 e. The van der Waals surface area contributed by atoms with Crippen LogP contribution in [0.5, 0.6) is 0 Å². The van der Waals surface area contributed by atoms with Crippen molar-refractivity contribution in [3.05, 3.63) is 148 Å². The third kappa shape index (κ3) is 8.73. The molecule has 1 N–H and O–H groups in total. The monoisotopic (exact) mass is 854 g/mol. The van der Waals surface area contributed by atoms with Gasteiger partial charge < -0.3 is 19.3 Å². The standard InChI is InChI=1S/C24H21F2N4O2P.C20H19F2N2O2P/c25-17-3-4-18-19(14-17)22(31)15-29-21(18)12-16-2-5-20(26)23(13-16)33(32)10-8-30(9-11-33)24-27-6-1-7-28-24;21-14-2-3-15-16(11-14)19(25)12-24-18(15)9-13-1-4-17(22)20(10-13)27(26)7-5-23-6-8-27/h1-7,13-14H,8-12,15H2;1-4,10-11,23H,5-9,12H2. The summed E-state index contributed by atoms with van der Waals surface area (Å²) in [5.41, 5.74) is 4.65. The quantitative estimate of drug-likeness (QED) is 0.150. The Kier molecular flexibility index (Phi) is 11.9. The van der Waals surface area contributed by atoms with Crippen LogP contribution in [0.4, 0.5) is 23.5 Å². The van der Waals surface area contributed by atoms with Gasteiger partial charge in [0.1, 0.15) is 50.6 Å². The molecule has 9 rings (SSSR count). The van der Waals surface area contributed by atoms with Crippen molar-refractivity contribution in [3.63, 3.8) is 0 Å². The molecule has 4 aromatic carbocycles. The molecule has 2 saturated heterocycles. The van der Waals surface area contributed by atoms with E-state index in [9.17, 15) is 36.3 Å². The highest BCUT2D eigenvalue weighted by Crippen LogP contribution is 2.48. The summed E-state index contributed by atoms with van der Waals surface area (Å²) in [6.45, 7) is 2.14. The lowest BCUT2D eigenvalue weighted by Gasteiger charge is -2.32. The highest BCUT2D eigenvalue weighted by atomic mass is 31.2. The number of benzene rings is 4. The first-order valence-electron chi connectivity index (χ1n) is 19.6. The molecule has 0 radical (unpaired) electrons. The Balaban J connectivity index is 0.000000170. The molecule has 0 bridgehead atoms. The van der Waals surface area contributed by atoms with Crippen LogP contribution in [0.15, 0.2) is 101 Å². The van der Waals surface area contributed by atoms with Crippen molar-refractivity contribution >= 4 is 53.8 Å². The van der Waals surface area contributed by atoms with E-state index in [1.807, 2.05) is 4.90 Å². The molecule has 0 amide bonds. The Hall–Kier alpha value is -5.42. The maximum Gasteiger partial charge on any atom is 0.225 e. The van der Waals surface area contributed by atoms with Crippen molar-refractivity contribution in [2.24, 2.45) is 9.98 Å². The van der Waals surface area contributed by atoms with E-state index in [-0.39, 0.29) is 30.0 Å².